The molecule has 22 heavy (non-hydrogen) atoms. The van der Waals surface area contributed by atoms with E-state index in [2.05, 4.69) is 10.6 Å². The van der Waals surface area contributed by atoms with Crippen molar-refractivity contribution >= 4 is 11.7 Å². The van der Waals surface area contributed by atoms with Gasteiger partial charge in [-0.2, -0.15) is 0 Å². The molecule has 0 unspecified atom stereocenters. The Kier molecular flexibility index (Phi) is 5.65. The average Bonchev–Trinajstić information content (AvgIpc) is 2.51. The van der Waals surface area contributed by atoms with Crippen LogP contribution in [0.2, 0.25) is 0 Å². The number of benzene rings is 2. The molecular weight excluding hydrogens is 280 g/mol. The van der Waals surface area contributed by atoms with Crippen LogP contribution in [0.1, 0.15) is 12.0 Å². The van der Waals surface area contributed by atoms with Crippen LogP contribution in [-0.2, 0) is 0 Å². The zero-order valence-corrected chi connectivity index (χ0v) is 12.5. The Morgan fingerprint density at radius 1 is 1.14 bits per heavy atom. The lowest BCUT2D eigenvalue weighted by molar-refractivity contribution is 0.250. The largest absolute Gasteiger partial charge is 0.508 e. The first kappa shape index (κ1) is 15.7. The summed E-state index contributed by atoms with van der Waals surface area (Å²) < 4.78 is 5.65. The van der Waals surface area contributed by atoms with Gasteiger partial charge in [-0.25, -0.2) is 4.79 Å². The van der Waals surface area contributed by atoms with Gasteiger partial charge in [-0.15, -0.1) is 0 Å². The van der Waals surface area contributed by atoms with Gasteiger partial charge in [0.05, 0.1) is 6.61 Å². The summed E-state index contributed by atoms with van der Waals surface area (Å²) in [6.07, 6.45) is 0.720. The molecule has 0 saturated heterocycles. The number of carbonyl (C=O) groups is 1. The van der Waals surface area contributed by atoms with Gasteiger partial charge >= 0.3 is 6.03 Å². The van der Waals surface area contributed by atoms with Gasteiger partial charge in [-0.1, -0.05) is 18.2 Å². The lowest BCUT2D eigenvalue weighted by atomic mass is 10.2. The fourth-order valence-corrected chi connectivity index (χ4v) is 1.89. The molecular formula is C17H20N2O3. The maximum atomic E-state index is 11.7. The van der Waals surface area contributed by atoms with E-state index in [9.17, 15) is 4.79 Å². The lowest BCUT2D eigenvalue weighted by Gasteiger charge is -2.10. The maximum absolute atomic E-state index is 11.7. The number of phenolic OH excluding ortho intramolecular Hbond substituents is 1. The Bertz CT molecular complexity index is 612. The predicted molar refractivity (Wildman–Crippen MR) is 86.4 cm³/mol. The summed E-state index contributed by atoms with van der Waals surface area (Å²) in [7, 11) is 0. The summed E-state index contributed by atoms with van der Waals surface area (Å²) in [6, 6.07) is 13.9. The molecule has 0 aromatic heterocycles. The van der Waals surface area contributed by atoms with E-state index in [1.54, 1.807) is 12.1 Å². The van der Waals surface area contributed by atoms with Crippen LogP contribution in [0.4, 0.5) is 10.5 Å². The minimum atomic E-state index is -0.276. The van der Waals surface area contributed by atoms with Crippen LogP contribution >= 0.6 is 0 Å². The summed E-state index contributed by atoms with van der Waals surface area (Å²) in [5.41, 5.74) is 1.73. The van der Waals surface area contributed by atoms with E-state index in [1.807, 2.05) is 31.2 Å². The summed E-state index contributed by atoms with van der Waals surface area (Å²) in [4.78, 5) is 11.7. The van der Waals surface area contributed by atoms with E-state index in [0.717, 1.165) is 17.7 Å². The quantitative estimate of drug-likeness (QED) is 0.566. The standard InChI is InChI=1S/C17H20N2O3/c1-13-5-2-3-6-16(13)22-12-4-11-18-17(21)19-14-7-9-15(20)10-8-14/h2-3,5-10,20H,4,11-12H2,1H3,(H2,18,19,21). The molecule has 5 heteroatoms. The van der Waals surface area contributed by atoms with E-state index in [1.165, 1.54) is 12.1 Å². The lowest BCUT2D eigenvalue weighted by Crippen LogP contribution is -2.30. The molecule has 0 fully saturated rings. The van der Waals surface area contributed by atoms with Crippen molar-refractivity contribution in [3.63, 3.8) is 0 Å². The molecule has 0 spiro atoms. The van der Waals surface area contributed by atoms with Crippen molar-refractivity contribution in [1.29, 1.82) is 0 Å². The molecule has 3 N–H and O–H groups in total. The number of urea groups is 1. The summed E-state index contributed by atoms with van der Waals surface area (Å²) >= 11 is 0. The molecule has 0 aliphatic heterocycles. The monoisotopic (exact) mass is 300 g/mol. The van der Waals surface area contributed by atoms with Crippen LogP contribution in [0.15, 0.2) is 48.5 Å². The first-order valence-corrected chi connectivity index (χ1v) is 7.17. The van der Waals surface area contributed by atoms with Crippen LogP contribution in [-0.4, -0.2) is 24.3 Å². The van der Waals surface area contributed by atoms with Crippen molar-refractivity contribution in [3.05, 3.63) is 54.1 Å². The normalized spacial score (nSPS) is 10.0. The van der Waals surface area contributed by atoms with Gasteiger partial charge in [-0.05, 0) is 49.2 Å². The molecule has 0 heterocycles. The number of aromatic hydroxyl groups is 1. The van der Waals surface area contributed by atoms with Gasteiger partial charge in [0.15, 0.2) is 0 Å². The number of aryl methyl sites for hydroxylation is 1. The number of anilines is 1. The second kappa shape index (κ2) is 7.93. The predicted octanol–water partition coefficient (Wildman–Crippen LogP) is 3.29. The van der Waals surface area contributed by atoms with Crippen molar-refractivity contribution in [3.8, 4) is 11.5 Å². The molecule has 5 nitrogen and oxygen atoms in total. The van der Waals surface area contributed by atoms with Gasteiger partial charge in [0.2, 0.25) is 0 Å². The Morgan fingerprint density at radius 3 is 2.59 bits per heavy atom. The number of rotatable bonds is 6. The number of para-hydroxylation sites is 1. The summed E-state index contributed by atoms with van der Waals surface area (Å²) in [5, 5.41) is 14.6. The molecule has 0 radical (unpaired) electrons. The van der Waals surface area contributed by atoms with Crippen LogP contribution in [0, 0.1) is 6.92 Å². The van der Waals surface area contributed by atoms with Gasteiger partial charge in [-0.3, -0.25) is 0 Å². The average molecular weight is 300 g/mol. The number of amides is 2. The third kappa shape index (κ3) is 5.01. The molecule has 2 aromatic rings. The number of hydrogen-bond donors (Lipinski definition) is 3. The van der Waals surface area contributed by atoms with Crippen molar-refractivity contribution < 1.29 is 14.6 Å². The highest BCUT2D eigenvalue weighted by Gasteiger charge is 2.01. The van der Waals surface area contributed by atoms with Crippen molar-refractivity contribution in [1.82, 2.24) is 5.32 Å². The van der Waals surface area contributed by atoms with Gasteiger partial charge < -0.3 is 20.5 Å². The fraction of sp³-hybridized carbons (Fsp3) is 0.235. The van der Waals surface area contributed by atoms with E-state index >= 15 is 0 Å². The summed E-state index contributed by atoms with van der Waals surface area (Å²) in [5.74, 6) is 1.04. The number of nitrogens with one attached hydrogen (secondary N) is 2. The van der Waals surface area contributed by atoms with E-state index < -0.39 is 0 Å². The van der Waals surface area contributed by atoms with Crippen LogP contribution in [0.25, 0.3) is 0 Å². The number of hydrogen-bond acceptors (Lipinski definition) is 3. The molecule has 0 atom stereocenters. The molecule has 2 amide bonds. The van der Waals surface area contributed by atoms with Gasteiger partial charge in [0.25, 0.3) is 0 Å². The number of phenols is 1. The first-order chi connectivity index (χ1) is 10.6. The van der Waals surface area contributed by atoms with E-state index in [4.69, 9.17) is 9.84 Å². The molecule has 2 aromatic carbocycles. The minimum Gasteiger partial charge on any atom is -0.508 e. The van der Waals surface area contributed by atoms with Crippen LogP contribution in [0.5, 0.6) is 11.5 Å². The Morgan fingerprint density at radius 2 is 1.86 bits per heavy atom. The number of carbonyl (C=O) groups excluding carboxylic acids is 1. The molecule has 0 saturated carbocycles. The maximum Gasteiger partial charge on any atom is 0.319 e. The van der Waals surface area contributed by atoms with Crippen molar-refractivity contribution in [2.75, 3.05) is 18.5 Å². The molecule has 2 rings (SSSR count). The topological polar surface area (TPSA) is 70.6 Å². The third-order valence-corrected chi connectivity index (χ3v) is 3.08. The smallest absolute Gasteiger partial charge is 0.319 e. The second-order valence-electron chi connectivity index (χ2n) is 4.90. The molecule has 0 aliphatic carbocycles. The van der Waals surface area contributed by atoms with Crippen molar-refractivity contribution in [2.24, 2.45) is 0 Å². The van der Waals surface area contributed by atoms with Crippen LogP contribution < -0.4 is 15.4 Å². The van der Waals surface area contributed by atoms with Gasteiger partial charge in [0, 0.05) is 12.2 Å². The minimum absolute atomic E-state index is 0.166. The SMILES string of the molecule is Cc1ccccc1OCCCNC(=O)Nc1ccc(O)cc1. The summed E-state index contributed by atoms with van der Waals surface area (Å²) in [6.45, 7) is 3.07. The third-order valence-electron chi connectivity index (χ3n) is 3.08. The Labute approximate surface area is 129 Å². The second-order valence-corrected chi connectivity index (χ2v) is 4.90. The van der Waals surface area contributed by atoms with Crippen molar-refractivity contribution in [2.45, 2.75) is 13.3 Å². The first-order valence-electron chi connectivity index (χ1n) is 7.17. The fourth-order valence-electron chi connectivity index (χ4n) is 1.89. The number of ether oxygens (including phenoxy) is 1. The highest BCUT2D eigenvalue weighted by Crippen LogP contribution is 2.16. The van der Waals surface area contributed by atoms with Crippen LogP contribution in [0.3, 0.4) is 0 Å². The highest BCUT2D eigenvalue weighted by atomic mass is 16.5. The van der Waals surface area contributed by atoms with E-state index in [0.29, 0.717) is 18.8 Å². The molecule has 0 bridgehead atoms. The molecule has 0 aliphatic rings. The molecule has 116 valence electrons. The Hall–Kier alpha value is -2.69. The van der Waals surface area contributed by atoms with E-state index in [-0.39, 0.29) is 11.8 Å². The zero-order chi connectivity index (χ0) is 15.8. The zero-order valence-electron chi connectivity index (χ0n) is 12.5. The highest BCUT2D eigenvalue weighted by molar-refractivity contribution is 5.89. The Balaban J connectivity index is 1.63. The van der Waals surface area contributed by atoms with Gasteiger partial charge in [0.1, 0.15) is 11.5 Å².